The van der Waals surface area contributed by atoms with Gasteiger partial charge in [-0.25, -0.2) is 4.79 Å². The van der Waals surface area contributed by atoms with Gasteiger partial charge in [0.25, 0.3) is 0 Å². The topological polar surface area (TPSA) is 79.5 Å². The number of amides is 3. The van der Waals surface area contributed by atoms with E-state index in [-0.39, 0.29) is 24.6 Å². The molecule has 0 bridgehead atoms. The molecule has 3 N–H and O–H groups in total. The number of hydrogen-bond donors (Lipinski definition) is 3. The van der Waals surface area contributed by atoms with Crippen LogP contribution in [0, 0.1) is 0 Å². The summed E-state index contributed by atoms with van der Waals surface area (Å²) in [5.41, 5.74) is 1.32. The molecule has 20 heavy (non-hydrogen) atoms. The molecule has 0 atom stereocenters. The normalized spacial score (nSPS) is 10.2. The lowest BCUT2D eigenvalue weighted by Crippen LogP contribution is -2.34. The van der Waals surface area contributed by atoms with Gasteiger partial charge in [-0.05, 0) is 45.0 Å². The number of carbonyl (C=O) groups is 2. The summed E-state index contributed by atoms with van der Waals surface area (Å²) in [4.78, 5) is 22.9. The lowest BCUT2D eigenvalue weighted by Gasteiger charge is -2.11. The van der Waals surface area contributed by atoms with Crippen molar-refractivity contribution in [1.29, 1.82) is 0 Å². The van der Waals surface area contributed by atoms with Crippen molar-refractivity contribution in [2.75, 3.05) is 23.8 Å². The molecule has 1 rings (SSSR count). The second-order valence-corrected chi connectivity index (χ2v) is 4.52. The van der Waals surface area contributed by atoms with Gasteiger partial charge in [0.1, 0.15) is 6.61 Å². The number of rotatable bonds is 6. The van der Waals surface area contributed by atoms with Crippen molar-refractivity contribution in [2.45, 2.75) is 26.8 Å². The largest absolute Gasteiger partial charge is 0.372 e. The summed E-state index contributed by atoms with van der Waals surface area (Å²) in [6.45, 7) is 6.14. The van der Waals surface area contributed by atoms with E-state index in [2.05, 4.69) is 16.0 Å². The van der Waals surface area contributed by atoms with Crippen molar-refractivity contribution >= 4 is 23.3 Å². The van der Waals surface area contributed by atoms with E-state index in [1.54, 1.807) is 24.3 Å². The highest BCUT2D eigenvalue weighted by Gasteiger charge is 2.04. The van der Waals surface area contributed by atoms with Crippen LogP contribution >= 0.6 is 0 Å². The van der Waals surface area contributed by atoms with E-state index in [1.165, 1.54) is 0 Å². The third-order valence-corrected chi connectivity index (χ3v) is 2.28. The van der Waals surface area contributed by atoms with Gasteiger partial charge in [-0.2, -0.15) is 0 Å². The fourth-order valence-electron chi connectivity index (χ4n) is 1.46. The monoisotopic (exact) mass is 279 g/mol. The summed E-state index contributed by atoms with van der Waals surface area (Å²) in [7, 11) is 0. The Bertz CT molecular complexity index is 443. The Hall–Kier alpha value is -2.08. The van der Waals surface area contributed by atoms with E-state index in [4.69, 9.17) is 4.74 Å². The average Bonchev–Trinajstić information content (AvgIpc) is 2.37. The zero-order valence-electron chi connectivity index (χ0n) is 12.0. The van der Waals surface area contributed by atoms with Crippen LogP contribution in [0.5, 0.6) is 0 Å². The van der Waals surface area contributed by atoms with Crippen LogP contribution in [0.1, 0.15) is 20.8 Å². The Kier molecular flexibility index (Phi) is 6.52. The molecule has 6 nitrogen and oxygen atoms in total. The molecule has 3 amide bonds. The number of anilines is 2. The third kappa shape index (κ3) is 6.19. The molecule has 0 saturated carbocycles. The molecule has 0 radical (unpaired) electrons. The van der Waals surface area contributed by atoms with E-state index in [0.717, 1.165) is 0 Å². The van der Waals surface area contributed by atoms with Crippen molar-refractivity contribution in [3.05, 3.63) is 24.3 Å². The Balaban J connectivity index is 2.47. The molecule has 1 aromatic carbocycles. The Morgan fingerprint density at radius 1 is 1.10 bits per heavy atom. The number of urea groups is 1. The summed E-state index contributed by atoms with van der Waals surface area (Å²) in [6.07, 6.45) is 0. The molecule has 0 aliphatic carbocycles. The smallest absolute Gasteiger partial charge is 0.319 e. The summed E-state index contributed by atoms with van der Waals surface area (Å²) in [5.74, 6) is -0.204. The molecule has 0 fully saturated rings. The molecule has 0 aromatic heterocycles. The molecule has 0 unspecified atom stereocenters. The molecule has 6 heteroatoms. The molecular formula is C14H21N3O3. The molecule has 0 heterocycles. The highest BCUT2D eigenvalue weighted by molar-refractivity contribution is 5.93. The van der Waals surface area contributed by atoms with Gasteiger partial charge in [-0.15, -0.1) is 0 Å². The van der Waals surface area contributed by atoms with Gasteiger partial charge in [0.15, 0.2) is 0 Å². The quantitative estimate of drug-likeness (QED) is 0.746. The first-order valence-corrected chi connectivity index (χ1v) is 6.56. The average molecular weight is 279 g/mol. The summed E-state index contributed by atoms with van der Waals surface area (Å²) < 4.78 is 5.00. The van der Waals surface area contributed by atoms with Gasteiger partial charge in [0.05, 0.1) is 0 Å². The second-order valence-electron chi connectivity index (χ2n) is 4.52. The third-order valence-electron chi connectivity index (χ3n) is 2.28. The minimum atomic E-state index is -0.256. The van der Waals surface area contributed by atoms with Gasteiger partial charge in [0.2, 0.25) is 5.91 Å². The van der Waals surface area contributed by atoms with E-state index >= 15 is 0 Å². The molecular weight excluding hydrogens is 258 g/mol. The van der Waals surface area contributed by atoms with Crippen LogP contribution in [0.4, 0.5) is 16.2 Å². The Labute approximate surface area is 118 Å². The first kappa shape index (κ1) is 16.0. The predicted molar refractivity (Wildman–Crippen MR) is 78.9 cm³/mol. The number of ether oxygens (including phenoxy) is 1. The Morgan fingerprint density at radius 3 is 2.15 bits per heavy atom. The fraction of sp³-hybridized carbons (Fsp3) is 0.429. The fourth-order valence-corrected chi connectivity index (χ4v) is 1.46. The van der Waals surface area contributed by atoms with E-state index in [0.29, 0.717) is 18.0 Å². The summed E-state index contributed by atoms with van der Waals surface area (Å²) in [5, 5.41) is 8.12. The predicted octanol–water partition coefficient (Wildman–Crippen LogP) is 2.19. The van der Waals surface area contributed by atoms with Crippen LogP contribution < -0.4 is 16.0 Å². The molecule has 0 spiro atoms. The minimum absolute atomic E-state index is 0.0350. The van der Waals surface area contributed by atoms with Crippen molar-refractivity contribution in [3.63, 3.8) is 0 Å². The molecule has 0 saturated heterocycles. The SMILES string of the molecule is CCOCC(=O)Nc1ccc(NC(=O)NC(C)C)cc1. The Morgan fingerprint density at radius 2 is 1.65 bits per heavy atom. The van der Waals surface area contributed by atoms with Crippen molar-refractivity contribution < 1.29 is 14.3 Å². The van der Waals surface area contributed by atoms with E-state index in [1.807, 2.05) is 20.8 Å². The number of benzene rings is 1. The minimum Gasteiger partial charge on any atom is -0.372 e. The maximum atomic E-state index is 11.5. The molecule has 110 valence electrons. The molecule has 0 aliphatic rings. The summed E-state index contributed by atoms with van der Waals surface area (Å²) >= 11 is 0. The van der Waals surface area contributed by atoms with Crippen molar-refractivity contribution in [3.8, 4) is 0 Å². The maximum absolute atomic E-state index is 11.5. The highest BCUT2D eigenvalue weighted by Crippen LogP contribution is 2.13. The maximum Gasteiger partial charge on any atom is 0.319 e. The van der Waals surface area contributed by atoms with Crippen LogP contribution in [-0.2, 0) is 9.53 Å². The van der Waals surface area contributed by atoms with Gasteiger partial charge >= 0.3 is 6.03 Å². The van der Waals surface area contributed by atoms with Gasteiger partial charge in [0, 0.05) is 24.0 Å². The van der Waals surface area contributed by atoms with E-state index in [9.17, 15) is 9.59 Å². The zero-order valence-corrected chi connectivity index (χ0v) is 12.0. The molecule has 0 aliphatic heterocycles. The van der Waals surface area contributed by atoms with Crippen LogP contribution in [0.15, 0.2) is 24.3 Å². The first-order chi connectivity index (χ1) is 9.51. The van der Waals surface area contributed by atoms with Crippen molar-refractivity contribution in [1.82, 2.24) is 5.32 Å². The van der Waals surface area contributed by atoms with Crippen LogP contribution in [-0.4, -0.2) is 31.2 Å². The van der Waals surface area contributed by atoms with Gasteiger partial charge in [-0.1, -0.05) is 0 Å². The summed E-state index contributed by atoms with van der Waals surface area (Å²) in [6, 6.07) is 6.69. The number of hydrogen-bond acceptors (Lipinski definition) is 3. The first-order valence-electron chi connectivity index (χ1n) is 6.56. The number of carbonyl (C=O) groups excluding carboxylic acids is 2. The van der Waals surface area contributed by atoms with Crippen LogP contribution in [0.3, 0.4) is 0 Å². The van der Waals surface area contributed by atoms with Gasteiger partial charge < -0.3 is 20.7 Å². The zero-order chi connectivity index (χ0) is 15.0. The molecule has 1 aromatic rings. The van der Waals surface area contributed by atoms with Gasteiger partial charge in [-0.3, -0.25) is 4.79 Å². The lowest BCUT2D eigenvalue weighted by molar-refractivity contribution is -0.120. The van der Waals surface area contributed by atoms with Crippen LogP contribution in [0.2, 0.25) is 0 Å². The van der Waals surface area contributed by atoms with E-state index < -0.39 is 0 Å². The van der Waals surface area contributed by atoms with Crippen LogP contribution in [0.25, 0.3) is 0 Å². The van der Waals surface area contributed by atoms with Crippen molar-refractivity contribution in [2.24, 2.45) is 0 Å². The highest BCUT2D eigenvalue weighted by atomic mass is 16.5. The number of nitrogens with one attached hydrogen (secondary N) is 3. The standard InChI is InChI=1S/C14H21N3O3/c1-4-20-9-13(18)16-11-5-7-12(8-6-11)17-14(19)15-10(2)3/h5-8,10H,4,9H2,1-3H3,(H,16,18)(H2,15,17,19). The second kappa shape index (κ2) is 8.16. The lowest BCUT2D eigenvalue weighted by atomic mass is 10.3.